The van der Waals surface area contributed by atoms with E-state index in [2.05, 4.69) is 14.9 Å². The number of pyridine rings is 1. The van der Waals surface area contributed by atoms with Gasteiger partial charge in [0.05, 0.1) is 0 Å². The van der Waals surface area contributed by atoms with Gasteiger partial charge in [0.2, 0.25) is 6.19 Å². The summed E-state index contributed by atoms with van der Waals surface area (Å²) in [6, 6.07) is 13.7. The third-order valence-electron chi connectivity index (χ3n) is 3.68. The summed E-state index contributed by atoms with van der Waals surface area (Å²) in [5.41, 5.74) is 1.15. The molecule has 6 heteroatoms. The highest BCUT2D eigenvalue weighted by Crippen LogP contribution is 2.16. The van der Waals surface area contributed by atoms with Crippen LogP contribution in [0.3, 0.4) is 0 Å². The lowest BCUT2D eigenvalue weighted by molar-refractivity contribution is 0.321. The van der Waals surface area contributed by atoms with E-state index in [0.29, 0.717) is 11.8 Å². The Bertz CT molecular complexity index is 688. The van der Waals surface area contributed by atoms with Gasteiger partial charge in [-0.1, -0.05) is 18.2 Å². The van der Waals surface area contributed by atoms with Crippen molar-refractivity contribution in [1.29, 1.82) is 5.26 Å². The highest BCUT2D eigenvalue weighted by Gasteiger charge is 2.21. The van der Waals surface area contributed by atoms with Gasteiger partial charge in [0, 0.05) is 44.3 Å². The zero-order valence-corrected chi connectivity index (χ0v) is 12.7. The molecule has 0 radical (unpaired) electrons. The number of benzene rings is 1. The average Bonchev–Trinajstić information content (AvgIpc) is 2.63. The molecule has 0 unspecified atom stereocenters. The Balaban J connectivity index is 1.65. The second-order valence-corrected chi connectivity index (χ2v) is 5.09. The van der Waals surface area contributed by atoms with Gasteiger partial charge in [-0.3, -0.25) is 4.98 Å². The fourth-order valence-corrected chi connectivity index (χ4v) is 2.51. The molecule has 0 atom stereocenters. The standard InChI is InChI=1S/C17H17N5O/c18-14-20-17(23-16-4-2-1-3-5-16)22-12-10-21(11-13-22)15-6-8-19-9-7-15/h1-9H,10-13H2/b20-17+. The van der Waals surface area contributed by atoms with Crippen LogP contribution in [0, 0.1) is 11.5 Å². The number of anilines is 1. The van der Waals surface area contributed by atoms with E-state index in [1.54, 1.807) is 12.4 Å². The maximum absolute atomic E-state index is 8.91. The van der Waals surface area contributed by atoms with Gasteiger partial charge in [-0.05, 0) is 24.3 Å². The summed E-state index contributed by atoms with van der Waals surface area (Å²) in [6.07, 6.45) is 5.42. The molecule has 1 fully saturated rings. The number of ether oxygens (including phenoxy) is 1. The average molecular weight is 307 g/mol. The van der Waals surface area contributed by atoms with Crippen molar-refractivity contribution >= 4 is 11.7 Å². The topological polar surface area (TPSA) is 64.8 Å². The van der Waals surface area contributed by atoms with Crippen LogP contribution >= 0.6 is 0 Å². The quantitative estimate of drug-likeness (QED) is 0.483. The third-order valence-corrected chi connectivity index (χ3v) is 3.68. The first-order valence-electron chi connectivity index (χ1n) is 7.46. The van der Waals surface area contributed by atoms with Gasteiger partial charge >= 0.3 is 6.02 Å². The second-order valence-electron chi connectivity index (χ2n) is 5.09. The Kier molecular flexibility index (Phi) is 4.69. The first-order valence-corrected chi connectivity index (χ1v) is 7.46. The molecule has 0 bridgehead atoms. The largest absolute Gasteiger partial charge is 0.425 e. The van der Waals surface area contributed by atoms with Gasteiger partial charge in [0.15, 0.2) is 0 Å². The molecule has 0 N–H and O–H groups in total. The molecule has 0 spiro atoms. The van der Waals surface area contributed by atoms with Crippen molar-refractivity contribution in [3.8, 4) is 11.9 Å². The molecule has 116 valence electrons. The number of aromatic nitrogens is 1. The lowest BCUT2D eigenvalue weighted by Crippen LogP contribution is -2.50. The highest BCUT2D eigenvalue weighted by atomic mass is 16.5. The molecule has 1 aromatic carbocycles. The highest BCUT2D eigenvalue weighted by molar-refractivity contribution is 5.77. The van der Waals surface area contributed by atoms with Gasteiger partial charge in [0.25, 0.3) is 0 Å². The molecule has 6 nitrogen and oxygen atoms in total. The van der Waals surface area contributed by atoms with E-state index in [1.165, 1.54) is 0 Å². The number of nitriles is 1. The first kappa shape index (κ1) is 14.9. The number of rotatable bonds is 2. The molecule has 23 heavy (non-hydrogen) atoms. The van der Waals surface area contributed by atoms with Crippen LogP contribution in [0.15, 0.2) is 59.9 Å². The Morgan fingerprint density at radius 3 is 2.39 bits per heavy atom. The third kappa shape index (κ3) is 3.77. The van der Waals surface area contributed by atoms with Crippen molar-refractivity contribution in [1.82, 2.24) is 9.88 Å². The molecule has 1 aromatic heterocycles. The fourth-order valence-electron chi connectivity index (χ4n) is 2.51. The summed E-state index contributed by atoms with van der Waals surface area (Å²) in [5, 5.41) is 8.91. The molecular weight excluding hydrogens is 290 g/mol. The predicted octanol–water partition coefficient (Wildman–Crippen LogP) is 2.12. The summed E-state index contributed by atoms with van der Waals surface area (Å²) in [5.74, 6) is 0.679. The van der Waals surface area contributed by atoms with Crippen LogP contribution < -0.4 is 9.64 Å². The van der Waals surface area contributed by atoms with Crippen LogP contribution in [0.5, 0.6) is 5.75 Å². The Morgan fingerprint density at radius 1 is 1.04 bits per heavy atom. The molecular formula is C17H17N5O. The number of aliphatic imine (C=N–C) groups is 1. The molecule has 1 aliphatic rings. The number of hydrogen-bond acceptors (Lipinski definition) is 5. The minimum atomic E-state index is 0.355. The van der Waals surface area contributed by atoms with Crippen molar-refractivity contribution < 1.29 is 4.74 Å². The van der Waals surface area contributed by atoms with Crippen LogP contribution in [0.1, 0.15) is 0 Å². The minimum absolute atomic E-state index is 0.355. The van der Waals surface area contributed by atoms with E-state index in [-0.39, 0.29) is 0 Å². The van der Waals surface area contributed by atoms with Crippen LogP contribution in [0.2, 0.25) is 0 Å². The van der Waals surface area contributed by atoms with E-state index >= 15 is 0 Å². The van der Waals surface area contributed by atoms with Crippen molar-refractivity contribution in [2.75, 3.05) is 31.1 Å². The van der Waals surface area contributed by atoms with E-state index in [0.717, 1.165) is 31.9 Å². The molecule has 0 saturated carbocycles. The summed E-state index contributed by atoms with van der Waals surface area (Å²) in [4.78, 5) is 12.2. The molecule has 1 aliphatic heterocycles. The Morgan fingerprint density at radius 2 is 1.74 bits per heavy atom. The zero-order valence-electron chi connectivity index (χ0n) is 12.7. The number of nitrogens with zero attached hydrogens (tertiary/aromatic N) is 5. The van der Waals surface area contributed by atoms with E-state index in [1.807, 2.05) is 53.6 Å². The summed E-state index contributed by atoms with van der Waals surface area (Å²) < 4.78 is 5.76. The van der Waals surface area contributed by atoms with Gasteiger partial charge < -0.3 is 14.5 Å². The monoisotopic (exact) mass is 307 g/mol. The van der Waals surface area contributed by atoms with E-state index < -0.39 is 0 Å². The maximum Gasteiger partial charge on any atom is 0.308 e. The molecule has 2 aromatic rings. The second kappa shape index (κ2) is 7.27. The minimum Gasteiger partial charge on any atom is -0.425 e. The van der Waals surface area contributed by atoms with Gasteiger partial charge in [0.1, 0.15) is 5.75 Å². The van der Waals surface area contributed by atoms with Crippen molar-refractivity contribution in [2.45, 2.75) is 0 Å². The number of amidine groups is 1. The predicted molar refractivity (Wildman–Crippen MR) is 88.1 cm³/mol. The summed E-state index contributed by atoms with van der Waals surface area (Å²) >= 11 is 0. The SMILES string of the molecule is N#C/N=C(/Oc1ccccc1)N1CCN(c2ccncc2)CC1. The van der Waals surface area contributed by atoms with Crippen molar-refractivity contribution in [2.24, 2.45) is 4.99 Å². The van der Waals surface area contributed by atoms with Gasteiger partial charge in [-0.25, -0.2) is 0 Å². The van der Waals surface area contributed by atoms with Crippen LogP contribution in [0.25, 0.3) is 0 Å². The lowest BCUT2D eigenvalue weighted by Gasteiger charge is -2.36. The van der Waals surface area contributed by atoms with Crippen LogP contribution in [-0.4, -0.2) is 42.1 Å². The fraction of sp³-hybridized carbons (Fsp3) is 0.235. The maximum atomic E-state index is 8.91. The number of piperazine rings is 1. The van der Waals surface area contributed by atoms with Crippen LogP contribution in [-0.2, 0) is 0 Å². The van der Waals surface area contributed by atoms with Crippen LogP contribution in [0.4, 0.5) is 5.69 Å². The number of para-hydroxylation sites is 1. The molecule has 1 saturated heterocycles. The summed E-state index contributed by atoms with van der Waals surface area (Å²) in [6.45, 7) is 3.17. The lowest BCUT2D eigenvalue weighted by atomic mass is 10.3. The molecule has 0 amide bonds. The van der Waals surface area contributed by atoms with Crippen molar-refractivity contribution in [3.05, 3.63) is 54.9 Å². The Hall–Kier alpha value is -3.07. The molecule has 2 heterocycles. The van der Waals surface area contributed by atoms with E-state index in [9.17, 15) is 0 Å². The summed E-state index contributed by atoms with van der Waals surface area (Å²) in [7, 11) is 0. The normalized spacial score (nSPS) is 15.2. The smallest absolute Gasteiger partial charge is 0.308 e. The van der Waals surface area contributed by atoms with Gasteiger partial charge in [-0.15, -0.1) is 4.99 Å². The molecule has 0 aliphatic carbocycles. The van der Waals surface area contributed by atoms with E-state index in [4.69, 9.17) is 10.00 Å². The van der Waals surface area contributed by atoms with Crippen molar-refractivity contribution in [3.63, 3.8) is 0 Å². The zero-order chi connectivity index (χ0) is 15.9. The molecule has 3 rings (SSSR count). The van der Waals surface area contributed by atoms with Gasteiger partial charge in [-0.2, -0.15) is 5.26 Å². The number of hydrogen-bond donors (Lipinski definition) is 0. The first-order chi connectivity index (χ1) is 11.4. The Labute approximate surface area is 135 Å².